The molecular weight excluding hydrogens is 232 g/mol. The first kappa shape index (κ1) is 14.5. The highest BCUT2D eigenvalue weighted by Crippen LogP contribution is 2.25. The third-order valence-electron chi connectivity index (χ3n) is 2.63. The van der Waals surface area contributed by atoms with E-state index < -0.39 is 0 Å². The van der Waals surface area contributed by atoms with Crippen LogP contribution in [0.4, 0.5) is 0 Å². The van der Waals surface area contributed by atoms with Crippen molar-refractivity contribution in [1.29, 1.82) is 0 Å². The third kappa shape index (κ3) is 4.66. The van der Waals surface area contributed by atoms with E-state index in [9.17, 15) is 5.11 Å². The minimum absolute atomic E-state index is 0.0256. The van der Waals surface area contributed by atoms with E-state index in [1.54, 1.807) is 11.8 Å². The van der Waals surface area contributed by atoms with Crippen molar-refractivity contribution >= 4 is 11.8 Å². The maximum Gasteiger partial charge on any atom is 0.0969 e. The molecule has 3 nitrogen and oxygen atoms in total. The fraction of sp³-hybridized carbons (Fsp3) is 0.615. The highest BCUT2D eigenvalue weighted by molar-refractivity contribution is 8.00. The van der Waals surface area contributed by atoms with E-state index in [0.717, 1.165) is 23.6 Å². The Morgan fingerprint density at radius 1 is 1.41 bits per heavy atom. The van der Waals surface area contributed by atoms with E-state index in [1.807, 2.05) is 19.1 Å². The fourth-order valence-corrected chi connectivity index (χ4v) is 2.95. The van der Waals surface area contributed by atoms with Crippen molar-refractivity contribution in [2.24, 2.45) is 5.73 Å². The average Bonchev–Trinajstić information content (AvgIpc) is 2.24. The topological polar surface area (TPSA) is 59.1 Å². The number of thioether (sulfide) groups is 1. The molecule has 1 aromatic rings. The number of nitrogens with two attached hydrogens (primary N) is 1. The fourth-order valence-electron chi connectivity index (χ4n) is 1.80. The van der Waals surface area contributed by atoms with E-state index in [4.69, 9.17) is 5.73 Å². The van der Waals surface area contributed by atoms with Gasteiger partial charge in [-0.25, -0.2) is 4.98 Å². The summed E-state index contributed by atoms with van der Waals surface area (Å²) in [7, 11) is 0. The number of pyridine rings is 1. The van der Waals surface area contributed by atoms with Crippen LogP contribution in [0.5, 0.6) is 0 Å². The number of aliphatic hydroxyl groups is 1. The van der Waals surface area contributed by atoms with Gasteiger partial charge in [-0.15, -0.1) is 0 Å². The van der Waals surface area contributed by atoms with Crippen LogP contribution in [0.2, 0.25) is 0 Å². The van der Waals surface area contributed by atoms with Crippen LogP contribution in [0.15, 0.2) is 17.2 Å². The van der Waals surface area contributed by atoms with Crippen LogP contribution in [0, 0.1) is 13.8 Å². The monoisotopic (exact) mass is 254 g/mol. The molecule has 0 aliphatic carbocycles. The molecule has 1 heterocycles. The van der Waals surface area contributed by atoms with Gasteiger partial charge in [-0.2, -0.15) is 0 Å². The number of hydrogen-bond donors (Lipinski definition) is 2. The normalized spacial score (nSPS) is 14.6. The molecule has 17 heavy (non-hydrogen) atoms. The molecule has 0 spiro atoms. The van der Waals surface area contributed by atoms with Crippen molar-refractivity contribution in [3.05, 3.63) is 23.4 Å². The van der Waals surface area contributed by atoms with Crippen LogP contribution in [0.1, 0.15) is 31.0 Å². The lowest BCUT2D eigenvalue weighted by atomic mass is 10.1. The quantitative estimate of drug-likeness (QED) is 0.765. The van der Waals surface area contributed by atoms with Crippen molar-refractivity contribution in [2.75, 3.05) is 6.61 Å². The van der Waals surface area contributed by atoms with Crippen LogP contribution in [0.25, 0.3) is 0 Å². The van der Waals surface area contributed by atoms with Gasteiger partial charge in [-0.05, 0) is 38.0 Å². The second kappa shape index (κ2) is 6.99. The molecule has 0 aliphatic rings. The first-order valence-corrected chi connectivity index (χ1v) is 6.93. The van der Waals surface area contributed by atoms with Crippen LogP contribution >= 0.6 is 11.8 Å². The molecule has 0 saturated heterocycles. The number of rotatable bonds is 6. The maximum atomic E-state index is 9.39. The molecule has 1 aromatic heterocycles. The Bertz CT molecular complexity index is 337. The molecule has 0 fully saturated rings. The van der Waals surface area contributed by atoms with E-state index in [0.29, 0.717) is 0 Å². The maximum absolute atomic E-state index is 9.39. The highest BCUT2D eigenvalue weighted by atomic mass is 32.2. The van der Waals surface area contributed by atoms with Gasteiger partial charge in [0.1, 0.15) is 0 Å². The molecule has 0 radical (unpaired) electrons. The summed E-state index contributed by atoms with van der Waals surface area (Å²) in [6.07, 6.45) is 1.97. The van der Waals surface area contributed by atoms with Crippen LogP contribution < -0.4 is 5.73 Å². The van der Waals surface area contributed by atoms with Gasteiger partial charge in [0.05, 0.1) is 11.6 Å². The molecule has 0 amide bonds. The minimum atomic E-state index is 0.0256. The van der Waals surface area contributed by atoms with Crippen LogP contribution in [0.3, 0.4) is 0 Å². The average molecular weight is 254 g/mol. The number of nitrogens with zero attached hydrogens (tertiary/aromatic N) is 1. The lowest BCUT2D eigenvalue weighted by Crippen LogP contribution is -2.34. The Morgan fingerprint density at radius 2 is 2.12 bits per heavy atom. The standard InChI is InChI=1S/C13H22N2OS/c1-4-5-11(14)12(8-16)17-13-7-9(2)6-10(3)15-13/h6-7,11-12,16H,4-5,8,14H2,1-3H3. The summed E-state index contributed by atoms with van der Waals surface area (Å²) in [5, 5.41) is 10.4. The molecule has 0 aromatic carbocycles. The Kier molecular flexibility index (Phi) is 5.95. The van der Waals surface area contributed by atoms with Crippen LogP contribution in [-0.4, -0.2) is 28.0 Å². The zero-order valence-corrected chi connectivity index (χ0v) is 11.6. The minimum Gasteiger partial charge on any atom is -0.395 e. The van der Waals surface area contributed by atoms with Gasteiger partial charge >= 0.3 is 0 Å². The summed E-state index contributed by atoms with van der Waals surface area (Å²) in [5.74, 6) is 0. The molecule has 4 heteroatoms. The predicted molar refractivity (Wildman–Crippen MR) is 73.3 cm³/mol. The third-order valence-corrected chi connectivity index (χ3v) is 3.88. The smallest absolute Gasteiger partial charge is 0.0969 e. The number of aromatic nitrogens is 1. The first-order chi connectivity index (χ1) is 8.06. The number of hydrogen-bond acceptors (Lipinski definition) is 4. The van der Waals surface area contributed by atoms with Gasteiger partial charge in [0.25, 0.3) is 0 Å². The van der Waals surface area contributed by atoms with Gasteiger partial charge in [0.15, 0.2) is 0 Å². The molecule has 1 rings (SSSR count). The van der Waals surface area contributed by atoms with E-state index in [-0.39, 0.29) is 17.9 Å². The molecule has 2 unspecified atom stereocenters. The van der Waals surface area contributed by atoms with Crippen molar-refractivity contribution in [3.8, 4) is 0 Å². The second-order valence-corrected chi connectivity index (χ2v) is 5.67. The Balaban J connectivity index is 2.73. The summed E-state index contributed by atoms with van der Waals surface area (Å²) in [5.41, 5.74) is 8.26. The first-order valence-electron chi connectivity index (χ1n) is 6.05. The molecule has 3 N–H and O–H groups in total. The van der Waals surface area contributed by atoms with Gasteiger partial charge < -0.3 is 10.8 Å². The molecule has 0 aliphatic heterocycles. The highest BCUT2D eigenvalue weighted by Gasteiger charge is 2.18. The Labute approximate surface area is 108 Å². The molecule has 96 valence electrons. The summed E-state index contributed by atoms with van der Waals surface area (Å²) < 4.78 is 0. The SMILES string of the molecule is CCCC(N)C(CO)Sc1cc(C)cc(C)n1. The van der Waals surface area contributed by atoms with Crippen LogP contribution in [-0.2, 0) is 0 Å². The second-order valence-electron chi connectivity index (χ2n) is 4.42. The zero-order chi connectivity index (χ0) is 12.8. The lowest BCUT2D eigenvalue weighted by molar-refractivity contribution is 0.279. The van der Waals surface area contributed by atoms with Gasteiger partial charge in [0.2, 0.25) is 0 Å². The molecule has 0 saturated carbocycles. The van der Waals surface area contributed by atoms with E-state index in [2.05, 4.69) is 18.8 Å². The van der Waals surface area contributed by atoms with Crippen molar-refractivity contribution in [1.82, 2.24) is 4.98 Å². The van der Waals surface area contributed by atoms with E-state index >= 15 is 0 Å². The Hall–Kier alpha value is -0.580. The van der Waals surface area contributed by atoms with Gasteiger partial charge in [-0.3, -0.25) is 0 Å². The summed E-state index contributed by atoms with van der Waals surface area (Å²) in [4.78, 5) is 4.46. The molecule has 0 bridgehead atoms. The van der Waals surface area contributed by atoms with Crippen molar-refractivity contribution in [2.45, 2.75) is 49.9 Å². The van der Waals surface area contributed by atoms with Gasteiger partial charge in [0, 0.05) is 17.0 Å². The molecular formula is C13H22N2OS. The summed E-state index contributed by atoms with van der Waals surface area (Å²) >= 11 is 1.58. The van der Waals surface area contributed by atoms with Gasteiger partial charge in [-0.1, -0.05) is 25.1 Å². The van der Waals surface area contributed by atoms with Crippen molar-refractivity contribution in [3.63, 3.8) is 0 Å². The predicted octanol–water partition coefficient (Wildman–Crippen LogP) is 2.28. The summed E-state index contributed by atoms with van der Waals surface area (Å²) in [6, 6.07) is 4.11. The lowest BCUT2D eigenvalue weighted by Gasteiger charge is -2.20. The van der Waals surface area contributed by atoms with Crippen molar-refractivity contribution < 1.29 is 5.11 Å². The largest absolute Gasteiger partial charge is 0.395 e. The Morgan fingerprint density at radius 3 is 2.65 bits per heavy atom. The zero-order valence-electron chi connectivity index (χ0n) is 10.8. The number of aryl methyl sites for hydroxylation is 2. The van der Waals surface area contributed by atoms with E-state index in [1.165, 1.54) is 5.56 Å². The molecule has 2 atom stereocenters. The number of aliphatic hydroxyl groups excluding tert-OH is 1. The summed E-state index contributed by atoms with van der Waals surface area (Å²) in [6.45, 7) is 6.24.